The molecule has 118 valence electrons. The van der Waals surface area contributed by atoms with E-state index in [1.165, 1.54) is 4.31 Å². The minimum atomic E-state index is -3.43. The first-order chi connectivity index (χ1) is 9.45. The van der Waals surface area contributed by atoms with Crippen molar-refractivity contribution in [2.75, 3.05) is 39.5 Å². The van der Waals surface area contributed by atoms with Gasteiger partial charge in [-0.2, -0.15) is 12.7 Å². The number of ether oxygens (including phenoxy) is 1. The number of nitrogens with one attached hydrogen (secondary N) is 1. The number of hydrogen-bond donors (Lipinski definition) is 2. The predicted molar refractivity (Wildman–Crippen MR) is 76.5 cm³/mol. The van der Waals surface area contributed by atoms with E-state index in [-0.39, 0.29) is 17.9 Å². The third-order valence-electron chi connectivity index (χ3n) is 4.46. The number of nitrogens with zero attached hydrogens (tertiary/aromatic N) is 1. The van der Waals surface area contributed by atoms with E-state index < -0.39 is 10.2 Å². The Bertz CT molecular complexity index is 407. The molecular weight excluding hydrogens is 280 g/mol. The Labute approximate surface area is 121 Å². The molecule has 1 unspecified atom stereocenters. The number of aliphatic hydroxyl groups excluding tert-OH is 1. The second-order valence-electron chi connectivity index (χ2n) is 6.30. The van der Waals surface area contributed by atoms with Gasteiger partial charge in [0.05, 0.1) is 0 Å². The van der Waals surface area contributed by atoms with E-state index in [0.29, 0.717) is 32.8 Å². The summed E-state index contributed by atoms with van der Waals surface area (Å²) in [6, 6.07) is 0. The van der Waals surface area contributed by atoms with Gasteiger partial charge in [0.1, 0.15) is 0 Å². The van der Waals surface area contributed by atoms with Gasteiger partial charge in [-0.15, -0.1) is 0 Å². The third-order valence-corrected chi connectivity index (χ3v) is 5.98. The summed E-state index contributed by atoms with van der Waals surface area (Å²) in [5, 5.41) is 9.19. The van der Waals surface area contributed by atoms with Gasteiger partial charge in [-0.3, -0.25) is 0 Å². The minimum Gasteiger partial charge on any atom is -0.396 e. The van der Waals surface area contributed by atoms with Crippen molar-refractivity contribution >= 4 is 10.2 Å². The first-order valence-corrected chi connectivity index (χ1v) is 8.83. The van der Waals surface area contributed by atoms with Crippen molar-refractivity contribution in [2.45, 2.75) is 32.6 Å². The average Bonchev–Trinajstić information content (AvgIpc) is 2.46. The molecule has 0 aliphatic carbocycles. The molecule has 2 rings (SSSR count). The maximum Gasteiger partial charge on any atom is 0.279 e. The van der Waals surface area contributed by atoms with Crippen LogP contribution in [-0.2, 0) is 14.9 Å². The van der Waals surface area contributed by atoms with Crippen molar-refractivity contribution in [1.82, 2.24) is 9.03 Å². The van der Waals surface area contributed by atoms with E-state index in [9.17, 15) is 13.5 Å². The van der Waals surface area contributed by atoms with Crippen molar-refractivity contribution in [3.63, 3.8) is 0 Å². The maximum absolute atomic E-state index is 12.3. The Morgan fingerprint density at radius 1 is 1.40 bits per heavy atom. The van der Waals surface area contributed by atoms with E-state index in [0.717, 1.165) is 25.7 Å². The molecule has 0 bridgehead atoms. The normalized spacial score (nSPS) is 28.4. The lowest BCUT2D eigenvalue weighted by molar-refractivity contribution is 0.0262. The van der Waals surface area contributed by atoms with Crippen LogP contribution in [0.2, 0.25) is 0 Å². The third kappa shape index (κ3) is 4.14. The largest absolute Gasteiger partial charge is 0.396 e. The fourth-order valence-electron chi connectivity index (χ4n) is 2.79. The molecule has 0 aromatic rings. The van der Waals surface area contributed by atoms with E-state index in [2.05, 4.69) is 11.6 Å². The topological polar surface area (TPSA) is 78.9 Å². The quantitative estimate of drug-likeness (QED) is 0.768. The van der Waals surface area contributed by atoms with Crippen molar-refractivity contribution < 1.29 is 18.3 Å². The summed E-state index contributed by atoms with van der Waals surface area (Å²) in [4.78, 5) is 0. The van der Waals surface area contributed by atoms with Gasteiger partial charge in [-0.25, -0.2) is 4.72 Å². The summed E-state index contributed by atoms with van der Waals surface area (Å²) >= 11 is 0. The SMILES string of the molecule is CC1(CNS(=O)(=O)N2CCCC(CO)C2)CCOCC1. The monoisotopic (exact) mass is 306 g/mol. The van der Waals surface area contributed by atoms with Crippen LogP contribution in [0.15, 0.2) is 0 Å². The van der Waals surface area contributed by atoms with E-state index in [4.69, 9.17) is 4.74 Å². The lowest BCUT2D eigenvalue weighted by atomic mass is 9.83. The van der Waals surface area contributed by atoms with Crippen LogP contribution in [0.4, 0.5) is 0 Å². The molecule has 6 nitrogen and oxygen atoms in total. The van der Waals surface area contributed by atoms with E-state index in [1.807, 2.05) is 0 Å². The molecule has 0 saturated carbocycles. The summed E-state index contributed by atoms with van der Waals surface area (Å²) in [6.45, 7) is 4.99. The maximum atomic E-state index is 12.3. The Kier molecular flexibility index (Phi) is 5.42. The van der Waals surface area contributed by atoms with Gasteiger partial charge in [0.25, 0.3) is 10.2 Å². The Morgan fingerprint density at radius 2 is 2.10 bits per heavy atom. The summed E-state index contributed by atoms with van der Waals surface area (Å²) in [5.74, 6) is 0.0685. The molecule has 0 radical (unpaired) electrons. The molecule has 20 heavy (non-hydrogen) atoms. The van der Waals surface area contributed by atoms with Crippen LogP contribution in [0.1, 0.15) is 32.6 Å². The molecule has 0 aromatic heterocycles. The Morgan fingerprint density at radius 3 is 2.75 bits per heavy atom. The fraction of sp³-hybridized carbons (Fsp3) is 1.00. The van der Waals surface area contributed by atoms with Crippen LogP contribution in [0.3, 0.4) is 0 Å². The van der Waals surface area contributed by atoms with Crippen LogP contribution >= 0.6 is 0 Å². The smallest absolute Gasteiger partial charge is 0.279 e. The number of hydrogen-bond acceptors (Lipinski definition) is 4. The van der Waals surface area contributed by atoms with E-state index in [1.54, 1.807) is 0 Å². The van der Waals surface area contributed by atoms with Crippen LogP contribution in [0, 0.1) is 11.3 Å². The molecule has 2 aliphatic heterocycles. The van der Waals surface area contributed by atoms with E-state index >= 15 is 0 Å². The predicted octanol–water partition coefficient (Wildman–Crippen LogP) is 0.342. The number of aliphatic hydroxyl groups is 1. The zero-order chi connectivity index (χ0) is 14.6. The molecule has 2 heterocycles. The summed E-state index contributed by atoms with van der Waals surface area (Å²) in [7, 11) is -3.43. The van der Waals surface area contributed by atoms with Gasteiger partial charge in [0.15, 0.2) is 0 Å². The first-order valence-electron chi connectivity index (χ1n) is 7.39. The Balaban J connectivity index is 1.90. The standard InChI is InChI=1S/C13H26N2O4S/c1-13(4-7-19-8-5-13)11-14-20(17,18)15-6-2-3-12(9-15)10-16/h12,14,16H,2-11H2,1H3. The van der Waals surface area contributed by atoms with Crippen molar-refractivity contribution in [1.29, 1.82) is 0 Å². The van der Waals surface area contributed by atoms with Crippen molar-refractivity contribution in [3.8, 4) is 0 Å². The highest BCUT2D eigenvalue weighted by Crippen LogP contribution is 2.29. The summed E-state index contributed by atoms with van der Waals surface area (Å²) in [5.41, 5.74) is -0.0164. The highest BCUT2D eigenvalue weighted by molar-refractivity contribution is 7.87. The second-order valence-corrected chi connectivity index (χ2v) is 8.05. The van der Waals surface area contributed by atoms with Crippen LogP contribution < -0.4 is 4.72 Å². The zero-order valence-corrected chi connectivity index (χ0v) is 13.0. The molecule has 0 aromatic carbocycles. The zero-order valence-electron chi connectivity index (χ0n) is 12.2. The van der Waals surface area contributed by atoms with Crippen LogP contribution in [0.5, 0.6) is 0 Å². The average molecular weight is 306 g/mol. The Hall–Kier alpha value is -0.210. The molecule has 2 fully saturated rings. The fourth-order valence-corrected chi connectivity index (χ4v) is 4.28. The second kappa shape index (κ2) is 6.70. The van der Waals surface area contributed by atoms with Crippen molar-refractivity contribution in [2.24, 2.45) is 11.3 Å². The van der Waals surface area contributed by atoms with Gasteiger partial charge >= 0.3 is 0 Å². The summed E-state index contributed by atoms with van der Waals surface area (Å²) in [6.07, 6.45) is 3.48. The lowest BCUT2D eigenvalue weighted by Crippen LogP contribution is -2.49. The highest BCUT2D eigenvalue weighted by Gasteiger charge is 2.32. The van der Waals surface area contributed by atoms with Gasteiger partial charge < -0.3 is 9.84 Å². The van der Waals surface area contributed by atoms with Gasteiger partial charge in [-0.1, -0.05) is 6.92 Å². The molecule has 1 atom stereocenters. The molecular formula is C13H26N2O4S. The minimum absolute atomic E-state index is 0.0164. The molecule has 7 heteroatoms. The van der Waals surface area contributed by atoms with Gasteiger partial charge in [0.2, 0.25) is 0 Å². The van der Waals surface area contributed by atoms with Gasteiger partial charge in [-0.05, 0) is 37.0 Å². The first kappa shape index (κ1) is 16.2. The lowest BCUT2D eigenvalue weighted by Gasteiger charge is -2.35. The molecule has 2 aliphatic rings. The highest BCUT2D eigenvalue weighted by atomic mass is 32.2. The summed E-state index contributed by atoms with van der Waals surface area (Å²) < 4.78 is 34.2. The van der Waals surface area contributed by atoms with Gasteiger partial charge in [0, 0.05) is 39.5 Å². The molecule has 2 N–H and O–H groups in total. The van der Waals surface area contributed by atoms with Crippen molar-refractivity contribution in [3.05, 3.63) is 0 Å². The van der Waals surface area contributed by atoms with Crippen LogP contribution in [0.25, 0.3) is 0 Å². The molecule has 2 saturated heterocycles. The number of piperidine rings is 1. The molecule has 0 spiro atoms. The number of rotatable bonds is 5. The van der Waals surface area contributed by atoms with Crippen LogP contribution in [-0.4, -0.2) is 57.3 Å². The molecule has 0 amide bonds.